The lowest BCUT2D eigenvalue weighted by atomic mass is 10.1. The second-order valence-electron chi connectivity index (χ2n) is 4.93. The van der Waals surface area contributed by atoms with Gasteiger partial charge in [0.05, 0.1) is 11.6 Å². The van der Waals surface area contributed by atoms with Crippen LogP contribution >= 0.6 is 0 Å². The van der Waals surface area contributed by atoms with Gasteiger partial charge in [-0.05, 0) is 30.9 Å². The van der Waals surface area contributed by atoms with Crippen molar-refractivity contribution in [3.05, 3.63) is 29.1 Å². The predicted molar refractivity (Wildman–Crippen MR) is 68.2 cm³/mol. The van der Waals surface area contributed by atoms with Gasteiger partial charge in [-0.15, -0.1) is 0 Å². The van der Waals surface area contributed by atoms with Gasteiger partial charge in [-0.2, -0.15) is 5.26 Å². The summed E-state index contributed by atoms with van der Waals surface area (Å²) < 4.78 is 0. The van der Waals surface area contributed by atoms with Gasteiger partial charge in [-0.3, -0.25) is 4.79 Å². The van der Waals surface area contributed by atoms with Crippen molar-refractivity contribution >= 4 is 5.91 Å². The maximum Gasteiger partial charge on any atom is 0.272 e. The Hall–Kier alpha value is -1.89. The zero-order chi connectivity index (χ0) is 13.1. The molecule has 1 aliphatic rings. The van der Waals surface area contributed by atoms with Crippen molar-refractivity contribution in [3.8, 4) is 6.07 Å². The highest BCUT2D eigenvalue weighted by molar-refractivity contribution is 5.92. The summed E-state index contributed by atoms with van der Waals surface area (Å²) in [6, 6.07) is 5.44. The monoisotopic (exact) mass is 243 g/mol. The number of amides is 1. The minimum Gasteiger partial charge on any atom is -0.337 e. The molecule has 1 aromatic rings. The van der Waals surface area contributed by atoms with Gasteiger partial charge in [0.15, 0.2) is 0 Å². The molecule has 1 aliphatic heterocycles. The molecule has 2 rings (SSSR count). The van der Waals surface area contributed by atoms with Crippen LogP contribution in [-0.2, 0) is 0 Å². The van der Waals surface area contributed by atoms with Crippen LogP contribution in [0.25, 0.3) is 0 Å². The van der Waals surface area contributed by atoms with Crippen LogP contribution in [0.4, 0.5) is 0 Å². The molecule has 1 aromatic heterocycles. The van der Waals surface area contributed by atoms with Gasteiger partial charge >= 0.3 is 0 Å². The summed E-state index contributed by atoms with van der Waals surface area (Å²) in [6.07, 6.45) is 2.11. The minimum atomic E-state index is -0.0495. The predicted octanol–water partition coefficient (Wildman–Crippen LogP) is 2.31. The van der Waals surface area contributed by atoms with Crippen LogP contribution in [-0.4, -0.2) is 28.9 Å². The van der Waals surface area contributed by atoms with Crippen molar-refractivity contribution in [2.24, 2.45) is 0 Å². The second-order valence-corrected chi connectivity index (χ2v) is 4.93. The van der Waals surface area contributed by atoms with Crippen LogP contribution in [0.15, 0.2) is 12.1 Å². The van der Waals surface area contributed by atoms with Crippen molar-refractivity contribution < 1.29 is 4.79 Å². The molecule has 0 N–H and O–H groups in total. The number of carbonyl (C=O) groups is 1. The number of nitriles is 1. The first-order valence-corrected chi connectivity index (χ1v) is 6.33. The summed E-state index contributed by atoms with van der Waals surface area (Å²) >= 11 is 0. The number of aromatic nitrogens is 1. The SMILES string of the molecule is CC(C)c1cc(C#N)cc(C(=O)N2CCCC2)n1. The van der Waals surface area contributed by atoms with Gasteiger partial charge in [0.2, 0.25) is 0 Å². The number of likely N-dealkylation sites (tertiary alicyclic amines) is 1. The van der Waals surface area contributed by atoms with E-state index >= 15 is 0 Å². The average molecular weight is 243 g/mol. The van der Waals surface area contributed by atoms with E-state index in [2.05, 4.69) is 11.1 Å². The van der Waals surface area contributed by atoms with Crippen LogP contribution in [0, 0.1) is 11.3 Å². The number of rotatable bonds is 2. The third-order valence-electron chi connectivity index (χ3n) is 3.18. The largest absolute Gasteiger partial charge is 0.337 e. The molecule has 1 saturated heterocycles. The summed E-state index contributed by atoms with van der Waals surface area (Å²) in [6.45, 7) is 5.61. The molecule has 0 atom stereocenters. The van der Waals surface area contributed by atoms with Crippen molar-refractivity contribution in [1.29, 1.82) is 5.26 Å². The van der Waals surface area contributed by atoms with E-state index in [0.717, 1.165) is 31.6 Å². The standard InChI is InChI=1S/C14H17N3O/c1-10(2)12-7-11(9-15)8-13(16-12)14(18)17-5-3-4-6-17/h7-8,10H,3-6H2,1-2H3. The number of hydrogen-bond acceptors (Lipinski definition) is 3. The van der Waals surface area contributed by atoms with Crippen LogP contribution in [0.2, 0.25) is 0 Å². The highest BCUT2D eigenvalue weighted by atomic mass is 16.2. The first kappa shape index (κ1) is 12.6. The number of carbonyl (C=O) groups excluding carboxylic acids is 1. The van der Waals surface area contributed by atoms with Gasteiger partial charge < -0.3 is 4.90 Å². The number of nitrogens with zero attached hydrogens (tertiary/aromatic N) is 3. The zero-order valence-electron chi connectivity index (χ0n) is 10.8. The van der Waals surface area contributed by atoms with E-state index in [-0.39, 0.29) is 11.8 Å². The van der Waals surface area contributed by atoms with E-state index in [0.29, 0.717) is 11.3 Å². The molecular formula is C14H17N3O. The third kappa shape index (κ3) is 2.51. The van der Waals surface area contributed by atoms with Gasteiger partial charge in [-0.25, -0.2) is 4.98 Å². The highest BCUT2D eigenvalue weighted by Gasteiger charge is 2.21. The molecule has 1 amide bonds. The summed E-state index contributed by atoms with van der Waals surface area (Å²) in [7, 11) is 0. The lowest BCUT2D eigenvalue weighted by Gasteiger charge is -2.15. The molecule has 0 saturated carbocycles. The Balaban J connectivity index is 2.34. The fourth-order valence-electron chi connectivity index (χ4n) is 2.10. The Morgan fingerprint density at radius 2 is 2.06 bits per heavy atom. The van der Waals surface area contributed by atoms with E-state index in [1.54, 1.807) is 12.1 Å². The van der Waals surface area contributed by atoms with E-state index < -0.39 is 0 Å². The Bertz CT molecular complexity index is 496. The summed E-state index contributed by atoms with van der Waals surface area (Å²) in [5.74, 6) is 0.162. The van der Waals surface area contributed by atoms with Crippen LogP contribution in [0.5, 0.6) is 0 Å². The molecule has 0 spiro atoms. The van der Waals surface area contributed by atoms with E-state index in [9.17, 15) is 4.79 Å². The minimum absolute atomic E-state index is 0.0495. The molecule has 0 radical (unpaired) electrons. The molecule has 0 unspecified atom stereocenters. The molecule has 4 nitrogen and oxygen atoms in total. The molecule has 4 heteroatoms. The summed E-state index contributed by atoms with van der Waals surface area (Å²) in [5, 5.41) is 9.01. The first-order valence-electron chi connectivity index (χ1n) is 6.33. The molecule has 0 aromatic carbocycles. The number of pyridine rings is 1. The summed E-state index contributed by atoms with van der Waals surface area (Å²) in [5.41, 5.74) is 1.72. The van der Waals surface area contributed by atoms with Gasteiger partial charge in [0, 0.05) is 18.8 Å². The first-order chi connectivity index (χ1) is 8.61. The smallest absolute Gasteiger partial charge is 0.272 e. The van der Waals surface area contributed by atoms with E-state index in [1.807, 2.05) is 18.7 Å². The van der Waals surface area contributed by atoms with Crippen molar-refractivity contribution in [3.63, 3.8) is 0 Å². The van der Waals surface area contributed by atoms with Crippen LogP contribution in [0.3, 0.4) is 0 Å². The normalized spacial score (nSPS) is 14.9. The lowest BCUT2D eigenvalue weighted by molar-refractivity contribution is 0.0786. The molecule has 1 fully saturated rings. The Labute approximate surface area is 107 Å². The maximum absolute atomic E-state index is 12.2. The quantitative estimate of drug-likeness (QED) is 0.801. The molecule has 2 heterocycles. The van der Waals surface area contributed by atoms with E-state index in [4.69, 9.17) is 5.26 Å². The topological polar surface area (TPSA) is 57.0 Å². The summed E-state index contributed by atoms with van der Waals surface area (Å²) in [4.78, 5) is 18.4. The number of hydrogen-bond donors (Lipinski definition) is 0. The van der Waals surface area contributed by atoms with Crippen LogP contribution < -0.4 is 0 Å². The zero-order valence-corrected chi connectivity index (χ0v) is 10.8. The maximum atomic E-state index is 12.2. The molecule has 18 heavy (non-hydrogen) atoms. The molecule has 0 aliphatic carbocycles. The van der Waals surface area contributed by atoms with Crippen molar-refractivity contribution in [2.75, 3.05) is 13.1 Å². The Morgan fingerprint density at radius 1 is 1.39 bits per heavy atom. The molecule has 0 bridgehead atoms. The Morgan fingerprint density at radius 3 is 2.61 bits per heavy atom. The molecule has 94 valence electrons. The second kappa shape index (κ2) is 5.18. The average Bonchev–Trinajstić information content (AvgIpc) is 2.91. The lowest BCUT2D eigenvalue weighted by Crippen LogP contribution is -2.28. The highest BCUT2D eigenvalue weighted by Crippen LogP contribution is 2.17. The fourth-order valence-corrected chi connectivity index (χ4v) is 2.10. The van der Waals surface area contributed by atoms with Gasteiger partial charge in [0.1, 0.15) is 5.69 Å². The van der Waals surface area contributed by atoms with E-state index in [1.165, 1.54) is 0 Å². The van der Waals surface area contributed by atoms with Crippen LogP contribution in [0.1, 0.15) is 54.4 Å². The van der Waals surface area contributed by atoms with Gasteiger partial charge in [-0.1, -0.05) is 13.8 Å². The molecular weight excluding hydrogens is 226 g/mol. The fraction of sp³-hybridized carbons (Fsp3) is 0.500. The van der Waals surface area contributed by atoms with Crippen molar-refractivity contribution in [1.82, 2.24) is 9.88 Å². The third-order valence-corrected chi connectivity index (χ3v) is 3.18. The Kier molecular flexibility index (Phi) is 3.61. The van der Waals surface area contributed by atoms with Gasteiger partial charge in [0.25, 0.3) is 5.91 Å². The van der Waals surface area contributed by atoms with Crippen molar-refractivity contribution in [2.45, 2.75) is 32.6 Å².